The zero-order chi connectivity index (χ0) is 13.5. The van der Waals surface area contributed by atoms with Crippen LogP contribution in [0, 0.1) is 0 Å². The van der Waals surface area contributed by atoms with Crippen molar-refractivity contribution in [1.82, 2.24) is 0 Å². The standard InChI is InChI=1S/C18H34N2/c1(11-19-13-3-7-17(19)8-4-14-19)2-12-20-15-5-9-18(20)10-6-16-20/h17-18H,1-16H2/q+2. The minimum Gasteiger partial charge on any atom is -0.321 e. The van der Waals surface area contributed by atoms with Crippen molar-refractivity contribution in [3.63, 3.8) is 0 Å². The minimum atomic E-state index is 1.08. The van der Waals surface area contributed by atoms with Crippen LogP contribution in [0.25, 0.3) is 0 Å². The Bertz CT molecular complexity index is 297. The summed E-state index contributed by atoms with van der Waals surface area (Å²) in [5.41, 5.74) is 0. The van der Waals surface area contributed by atoms with Crippen LogP contribution in [0.3, 0.4) is 0 Å². The van der Waals surface area contributed by atoms with E-state index in [1.165, 1.54) is 77.8 Å². The van der Waals surface area contributed by atoms with Gasteiger partial charge < -0.3 is 8.97 Å². The predicted molar refractivity (Wildman–Crippen MR) is 83.5 cm³/mol. The Kier molecular flexibility index (Phi) is 3.58. The normalized spacial score (nSPS) is 46.8. The number of nitrogens with zero attached hydrogens (tertiary/aromatic N) is 2. The van der Waals surface area contributed by atoms with E-state index in [4.69, 9.17) is 0 Å². The molecule has 4 rings (SSSR count). The van der Waals surface area contributed by atoms with Crippen LogP contribution >= 0.6 is 0 Å². The second kappa shape index (κ2) is 5.28. The molecule has 4 aliphatic rings. The van der Waals surface area contributed by atoms with E-state index in [0.29, 0.717) is 0 Å². The molecule has 2 heteroatoms. The van der Waals surface area contributed by atoms with Crippen LogP contribution in [0.2, 0.25) is 0 Å². The fourth-order valence-electron chi connectivity index (χ4n) is 6.57. The van der Waals surface area contributed by atoms with Crippen LogP contribution < -0.4 is 0 Å². The highest BCUT2D eigenvalue weighted by atomic mass is 15.4. The predicted octanol–water partition coefficient (Wildman–Crippen LogP) is 3.31. The number of fused-ring (bicyclic) bond motifs is 2. The van der Waals surface area contributed by atoms with Crippen molar-refractivity contribution in [3.05, 3.63) is 0 Å². The molecule has 0 atom stereocenters. The number of unbranched alkanes of at least 4 members (excludes halogenated alkanes) is 1. The molecule has 20 heavy (non-hydrogen) atoms. The molecule has 4 aliphatic heterocycles. The van der Waals surface area contributed by atoms with E-state index >= 15 is 0 Å². The third-order valence-electron chi connectivity index (χ3n) is 7.57. The summed E-state index contributed by atoms with van der Waals surface area (Å²) in [5, 5.41) is 0. The summed E-state index contributed by atoms with van der Waals surface area (Å²) >= 11 is 0. The largest absolute Gasteiger partial charge is 0.321 e. The van der Waals surface area contributed by atoms with E-state index in [1.54, 1.807) is 34.6 Å². The molecular formula is C18H34N2+2. The third kappa shape index (κ3) is 2.14. The monoisotopic (exact) mass is 278 g/mol. The molecule has 0 unspecified atom stereocenters. The molecule has 0 N–H and O–H groups in total. The molecule has 0 aromatic rings. The molecule has 0 amide bonds. The van der Waals surface area contributed by atoms with Gasteiger partial charge >= 0.3 is 0 Å². The second-order valence-corrected chi connectivity index (χ2v) is 8.36. The molecule has 4 fully saturated rings. The first-order valence-corrected chi connectivity index (χ1v) is 9.55. The van der Waals surface area contributed by atoms with Crippen LogP contribution in [0.5, 0.6) is 0 Å². The Morgan fingerprint density at radius 1 is 0.550 bits per heavy atom. The maximum absolute atomic E-state index is 1.55. The van der Waals surface area contributed by atoms with Crippen molar-refractivity contribution in [2.45, 2.75) is 76.3 Å². The average Bonchev–Trinajstić information content (AvgIpc) is 3.13. The first-order chi connectivity index (χ1) is 9.83. The van der Waals surface area contributed by atoms with E-state index in [-0.39, 0.29) is 0 Å². The smallest absolute Gasteiger partial charge is 0.0894 e. The Morgan fingerprint density at radius 3 is 1.25 bits per heavy atom. The molecule has 4 heterocycles. The quantitative estimate of drug-likeness (QED) is 0.535. The van der Waals surface area contributed by atoms with Crippen LogP contribution in [0.4, 0.5) is 0 Å². The number of hydrogen-bond donors (Lipinski definition) is 0. The first kappa shape index (κ1) is 13.6. The fraction of sp³-hybridized carbons (Fsp3) is 1.00. The van der Waals surface area contributed by atoms with Gasteiger partial charge in [0.05, 0.1) is 51.4 Å². The van der Waals surface area contributed by atoms with E-state index in [1.807, 2.05) is 0 Å². The first-order valence-electron chi connectivity index (χ1n) is 9.55. The van der Waals surface area contributed by atoms with Crippen molar-refractivity contribution >= 4 is 0 Å². The summed E-state index contributed by atoms with van der Waals surface area (Å²) in [5.74, 6) is 0. The molecule has 0 radical (unpaired) electrons. The van der Waals surface area contributed by atoms with Crippen molar-refractivity contribution < 1.29 is 8.97 Å². The second-order valence-electron chi connectivity index (χ2n) is 8.36. The highest BCUT2D eigenvalue weighted by Gasteiger charge is 2.46. The van der Waals surface area contributed by atoms with Crippen LogP contribution in [-0.4, -0.2) is 60.3 Å². The fourth-order valence-corrected chi connectivity index (χ4v) is 6.57. The van der Waals surface area contributed by atoms with Gasteiger partial charge in [-0.05, 0) is 0 Å². The summed E-state index contributed by atoms with van der Waals surface area (Å²) in [4.78, 5) is 0. The number of quaternary nitrogens is 2. The molecule has 0 saturated carbocycles. The van der Waals surface area contributed by atoms with Crippen molar-refractivity contribution in [3.8, 4) is 0 Å². The van der Waals surface area contributed by atoms with Gasteiger partial charge in [-0.25, -0.2) is 0 Å². The van der Waals surface area contributed by atoms with Crippen LogP contribution in [0.15, 0.2) is 0 Å². The number of rotatable bonds is 5. The Morgan fingerprint density at radius 2 is 0.900 bits per heavy atom. The van der Waals surface area contributed by atoms with Gasteiger partial charge in [0.2, 0.25) is 0 Å². The zero-order valence-corrected chi connectivity index (χ0v) is 13.4. The summed E-state index contributed by atoms with van der Waals surface area (Å²) in [6.45, 7) is 9.13. The maximum atomic E-state index is 1.55. The van der Waals surface area contributed by atoms with Gasteiger partial charge in [-0.2, -0.15) is 0 Å². The van der Waals surface area contributed by atoms with Gasteiger partial charge in [0.25, 0.3) is 0 Å². The zero-order valence-electron chi connectivity index (χ0n) is 13.4. The average molecular weight is 278 g/mol. The van der Waals surface area contributed by atoms with Crippen LogP contribution in [-0.2, 0) is 0 Å². The lowest BCUT2D eigenvalue weighted by molar-refractivity contribution is -0.933. The van der Waals surface area contributed by atoms with Crippen molar-refractivity contribution in [1.29, 1.82) is 0 Å². The highest BCUT2D eigenvalue weighted by molar-refractivity contribution is 4.76. The lowest BCUT2D eigenvalue weighted by atomic mass is 10.1. The van der Waals surface area contributed by atoms with E-state index in [2.05, 4.69) is 0 Å². The minimum absolute atomic E-state index is 1.08. The highest BCUT2D eigenvalue weighted by Crippen LogP contribution is 2.38. The molecule has 114 valence electrons. The van der Waals surface area contributed by atoms with Crippen molar-refractivity contribution in [2.75, 3.05) is 39.3 Å². The van der Waals surface area contributed by atoms with E-state index in [0.717, 1.165) is 12.1 Å². The Hall–Kier alpha value is -0.0800. The lowest BCUT2D eigenvalue weighted by Crippen LogP contribution is -2.50. The molecular weight excluding hydrogens is 244 g/mol. The Labute approximate surface area is 125 Å². The molecule has 0 aliphatic carbocycles. The third-order valence-corrected chi connectivity index (χ3v) is 7.57. The SMILES string of the molecule is C(CC[N+]12CCCC1CCC2)C[N+]12CCCC1CCC2. The molecule has 4 saturated heterocycles. The van der Waals surface area contributed by atoms with Gasteiger partial charge in [-0.3, -0.25) is 0 Å². The summed E-state index contributed by atoms with van der Waals surface area (Å²) in [6.07, 6.45) is 15.3. The van der Waals surface area contributed by atoms with E-state index in [9.17, 15) is 0 Å². The molecule has 2 nitrogen and oxygen atoms in total. The van der Waals surface area contributed by atoms with E-state index < -0.39 is 0 Å². The molecule has 0 aromatic heterocycles. The summed E-state index contributed by atoms with van der Waals surface area (Å²) in [7, 11) is 0. The van der Waals surface area contributed by atoms with Gasteiger partial charge in [0.1, 0.15) is 0 Å². The van der Waals surface area contributed by atoms with Gasteiger partial charge in [0.15, 0.2) is 0 Å². The van der Waals surface area contributed by atoms with Gasteiger partial charge in [-0.15, -0.1) is 0 Å². The van der Waals surface area contributed by atoms with Crippen LogP contribution in [0.1, 0.15) is 64.2 Å². The topological polar surface area (TPSA) is 0 Å². The van der Waals surface area contributed by atoms with Crippen molar-refractivity contribution in [2.24, 2.45) is 0 Å². The molecule has 0 aromatic carbocycles. The summed E-state index contributed by atoms with van der Waals surface area (Å²) in [6, 6.07) is 2.15. The lowest BCUT2D eigenvalue weighted by Gasteiger charge is -2.37. The summed E-state index contributed by atoms with van der Waals surface area (Å²) < 4.78 is 3.09. The van der Waals surface area contributed by atoms with Gasteiger partial charge in [0, 0.05) is 64.2 Å². The molecule has 0 bridgehead atoms. The number of hydrogen-bond acceptors (Lipinski definition) is 0. The van der Waals surface area contributed by atoms with Gasteiger partial charge in [-0.1, -0.05) is 0 Å². The Balaban J connectivity index is 1.27. The maximum Gasteiger partial charge on any atom is 0.0894 e. The molecule has 0 spiro atoms.